The summed E-state index contributed by atoms with van der Waals surface area (Å²) >= 11 is 6.05. The maximum Gasteiger partial charge on any atom is 0.338 e. The molecule has 0 aliphatic carbocycles. The van der Waals surface area contributed by atoms with Crippen LogP contribution in [0.25, 0.3) is 0 Å². The Morgan fingerprint density at radius 2 is 2.09 bits per heavy atom. The molecule has 1 aromatic heterocycles. The summed E-state index contributed by atoms with van der Waals surface area (Å²) in [5.74, 6) is -0.430. The van der Waals surface area contributed by atoms with Gasteiger partial charge in [-0.25, -0.2) is 4.79 Å². The molecule has 2 aliphatic heterocycles. The minimum absolute atomic E-state index is 0.0203. The van der Waals surface area contributed by atoms with E-state index in [0.717, 1.165) is 49.3 Å². The van der Waals surface area contributed by atoms with Crippen LogP contribution in [0.4, 0.5) is 0 Å². The number of carbonyl (C=O) groups excluding carboxylic acids is 2. The number of aromatic nitrogens is 2. The van der Waals surface area contributed by atoms with E-state index >= 15 is 0 Å². The van der Waals surface area contributed by atoms with Gasteiger partial charge in [0.2, 0.25) is 0 Å². The summed E-state index contributed by atoms with van der Waals surface area (Å²) in [5, 5.41) is 8.39. The summed E-state index contributed by atoms with van der Waals surface area (Å²) in [6, 6.07) is 5.18. The zero-order valence-electron chi connectivity index (χ0n) is 18.7. The summed E-state index contributed by atoms with van der Waals surface area (Å²) < 4.78 is 12.8. The maximum atomic E-state index is 12.9. The number of ether oxygens (including phenoxy) is 2. The second-order valence-electron chi connectivity index (χ2n) is 8.82. The fraction of sp³-hybridized carbons (Fsp3) is 0.542. The van der Waals surface area contributed by atoms with E-state index in [2.05, 4.69) is 5.32 Å². The topological polar surface area (TPSA) is 82.5 Å². The predicted octanol–water partition coefficient (Wildman–Crippen LogP) is 3.74. The van der Waals surface area contributed by atoms with Gasteiger partial charge in [0.15, 0.2) is 0 Å². The normalized spacial score (nSPS) is 17.5. The number of aryl methyl sites for hydroxylation is 3. The zero-order valence-corrected chi connectivity index (χ0v) is 19.5. The molecule has 1 fully saturated rings. The summed E-state index contributed by atoms with van der Waals surface area (Å²) in [7, 11) is 0. The predicted molar refractivity (Wildman–Crippen MR) is 121 cm³/mol. The van der Waals surface area contributed by atoms with Crippen LogP contribution in [0.3, 0.4) is 0 Å². The first-order valence-electron chi connectivity index (χ1n) is 11.3. The molecule has 7 nitrogen and oxygen atoms in total. The van der Waals surface area contributed by atoms with Crippen molar-refractivity contribution in [2.45, 2.75) is 52.5 Å². The smallest absolute Gasteiger partial charge is 0.338 e. The molecule has 1 amide bonds. The molecule has 1 spiro atoms. The number of rotatable bonds is 6. The van der Waals surface area contributed by atoms with Gasteiger partial charge in [0.05, 0.1) is 17.9 Å². The number of fused-ring (bicyclic) bond motifs is 1. The van der Waals surface area contributed by atoms with Crippen LogP contribution >= 0.6 is 11.6 Å². The molecule has 0 atom stereocenters. The minimum Gasteiger partial charge on any atom is -0.462 e. The van der Waals surface area contributed by atoms with Crippen molar-refractivity contribution in [3.63, 3.8) is 0 Å². The molecule has 1 saturated heterocycles. The first-order chi connectivity index (χ1) is 15.4. The average molecular weight is 460 g/mol. The largest absolute Gasteiger partial charge is 0.462 e. The van der Waals surface area contributed by atoms with Gasteiger partial charge in [-0.2, -0.15) is 5.10 Å². The van der Waals surface area contributed by atoms with E-state index in [1.165, 1.54) is 0 Å². The summed E-state index contributed by atoms with van der Waals surface area (Å²) in [4.78, 5) is 25.2. The van der Waals surface area contributed by atoms with Gasteiger partial charge in [0.25, 0.3) is 5.91 Å². The minimum atomic E-state index is -0.381. The highest BCUT2D eigenvalue weighted by atomic mass is 35.5. The molecule has 0 bridgehead atoms. The van der Waals surface area contributed by atoms with Crippen molar-refractivity contribution < 1.29 is 19.1 Å². The first kappa shape index (κ1) is 22.8. The van der Waals surface area contributed by atoms with Gasteiger partial charge in [0, 0.05) is 36.9 Å². The second kappa shape index (κ2) is 9.63. The standard InChI is InChI=1S/C24H30ClN3O4/c1-3-28-21-19(14-24(15-26-22(21)29)6-9-31-10-7-24)20(27-28)5-4-8-32-23(30)17-11-16(2)12-18(25)13-17/h11-13H,3-10,14-15H2,1-2H3,(H,26,29). The van der Waals surface area contributed by atoms with Gasteiger partial charge in [-0.1, -0.05) is 11.6 Å². The van der Waals surface area contributed by atoms with Crippen LogP contribution in [0.15, 0.2) is 18.2 Å². The Hall–Kier alpha value is -2.38. The van der Waals surface area contributed by atoms with E-state index in [9.17, 15) is 9.59 Å². The average Bonchev–Trinajstić information content (AvgIpc) is 3.05. The molecule has 1 N–H and O–H groups in total. The Morgan fingerprint density at radius 1 is 1.31 bits per heavy atom. The van der Waals surface area contributed by atoms with Gasteiger partial charge >= 0.3 is 5.97 Å². The molecule has 2 aromatic rings. The zero-order chi connectivity index (χ0) is 22.7. The number of hydrogen-bond acceptors (Lipinski definition) is 5. The molecular formula is C24H30ClN3O4. The molecular weight excluding hydrogens is 430 g/mol. The third kappa shape index (κ3) is 4.84. The molecule has 8 heteroatoms. The number of nitrogens with zero attached hydrogens (tertiary/aromatic N) is 2. The first-order valence-corrected chi connectivity index (χ1v) is 11.7. The molecule has 4 rings (SSSR count). The third-order valence-electron chi connectivity index (χ3n) is 6.45. The van der Waals surface area contributed by atoms with Crippen molar-refractivity contribution in [3.8, 4) is 0 Å². The molecule has 3 heterocycles. The fourth-order valence-electron chi connectivity index (χ4n) is 4.71. The van der Waals surface area contributed by atoms with E-state index in [1.807, 2.05) is 13.8 Å². The van der Waals surface area contributed by atoms with E-state index in [4.69, 9.17) is 26.2 Å². The Morgan fingerprint density at radius 3 is 2.81 bits per heavy atom. The van der Waals surface area contributed by atoms with Crippen LogP contribution in [0.1, 0.15) is 63.9 Å². The number of esters is 1. The van der Waals surface area contributed by atoms with Crippen LogP contribution in [-0.4, -0.2) is 48.0 Å². The molecule has 0 radical (unpaired) electrons. The van der Waals surface area contributed by atoms with Gasteiger partial charge in [0.1, 0.15) is 5.69 Å². The van der Waals surface area contributed by atoms with Gasteiger partial charge in [-0.3, -0.25) is 9.48 Å². The lowest BCUT2D eigenvalue weighted by Gasteiger charge is -2.36. The molecule has 2 aliphatic rings. The van der Waals surface area contributed by atoms with Crippen molar-refractivity contribution in [2.24, 2.45) is 5.41 Å². The van der Waals surface area contributed by atoms with Crippen molar-refractivity contribution in [1.82, 2.24) is 15.1 Å². The van der Waals surface area contributed by atoms with Crippen LogP contribution in [0.2, 0.25) is 5.02 Å². The lowest BCUT2D eigenvalue weighted by Crippen LogP contribution is -2.40. The van der Waals surface area contributed by atoms with Crippen molar-refractivity contribution >= 4 is 23.5 Å². The third-order valence-corrected chi connectivity index (χ3v) is 6.66. The van der Waals surface area contributed by atoms with Crippen LogP contribution in [-0.2, 0) is 28.9 Å². The fourth-order valence-corrected chi connectivity index (χ4v) is 5.00. The quantitative estimate of drug-likeness (QED) is 0.525. The number of nitrogens with one attached hydrogen (secondary N) is 1. The molecule has 0 unspecified atom stereocenters. The van der Waals surface area contributed by atoms with Gasteiger partial charge < -0.3 is 14.8 Å². The lowest BCUT2D eigenvalue weighted by molar-refractivity contribution is 0.0160. The highest BCUT2D eigenvalue weighted by Crippen LogP contribution is 2.37. The molecule has 0 saturated carbocycles. The van der Waals surface area contributed by atoms with Crippen LogP contribution in [0, 0.1) is 12.3 Å². The molecule has 172 valence electrons. The summed E-state index contributed by atoms with van der Waals surface area (Å²) in [6.45, 7) is 6.92. The SMILES string of the molecule is CCn1nc(CCCOC(=O)c2cc(C)cc(Cl)c2)c2c1C(=O)NCC1(CCOCC1)C2. The maximum absolute atomic E-state index is 12.9. The number of amides is 1. The van der Waals surface area contributed by atoms with Crippen molar-refractivity contribution in [3.05, 3.63) is 51.3 Å². The van der Waals surface area contributed by atoms with Crippen molar-refractivity contribution in [2.75, 3.05) is 26.4 Å². The Bertz CT molecular complexity index is 991. The Labute approximate surface area is 193 Å². The lowest BCUT2D eigenvalue weighted by atomic mass is 9.75. The number of carbonyl (C=O) groups is 2. The Kier molecular flexibility index (Phi) is 6.86. The van der Waals surface area contributed by atoms with E-state index in [1.54, 1.807) is 22.9 Å². The molecule has 1 aromatic carbocycles. The summed E-state index contributed by atoms with van der Waals surface area (Å²) in [5.41, 5.74) is 4.04. The van der Waals surface area contributed by atoms with Crippen LogP contribution < -0.4 is 5.32 Å². The van der Waals surface area contributed by atoms with E-state index < -0.39 is 0 Å². The monoisotopic (exact) mass is 459 g/mol. The number of benzene rings is 1. The summed E-state index contributed by atoms with van der Waals surface area (Å²) in [6.07, 6.45) is 3.97. The highest BCUT2D eigenvalue weighted by molar-refractivity contribution is 6.31. The van der Waals surface area contributed by atoms with Gasteiger partial charge in [-0.05, 0) is 75.1 Å². The molecule has 32 heavy (non-hydrogen) atoms. The van der Waals surface area contributed by atoms with Crippen molar-refractivity contribution in [1.29, 1.82) is 0 Å². The highest BCUT2D eigenvalue weighted by Gasteiger charge is 2.39. The number of hydrogen-bond donors (Lipinski definition) is 1. The van der Waals surface area contributed by atoms with Crippen LogP contribution in [0.5, 0.6) is 0 Å². The van der Waals surface area contributed by atoms with Gasteiger partial charge in [-0.15, -0.1) is 0 Å². The van der Waals surface area contributed by atoms with E-state index in [0.29, 0.717) is 42.2 Å². The number of halogens is 1. The second-order valence-corrected chi connectivity index (χ2v) is 9.25. The van der Waals surface area contributed by atoms with E-state index in [-0.39, 0.29) is 23.9 Å². The Balaban J connectivity index is 1.45.